The molecule has 0 saturated carbocycles. The lowest BCUT2D eigenvalue weighted by Gasteiger charge is -2.34. The van der Waals surface area contributed by atoms with Crippen molar-refractivity contribution < 1.29 is 14.3 Å². The summed E-state index contributed by atoms with van der Waals surface area (Å²) in [5.41, 5.74) is 12.4. The molecule has 2 aliphatic heterocycles. The molecule has 3 aromatic rings. The Balaban J connectivity index is 1.45. The first-order valence-corrected chi connectivity index (χ1v) is 13.0. The van der Waals surface area contributed by atoms with Crippen molar-refractivity contribution in [1.29, 1.82) is 0 Å². The molecule has 2 aromatic carbocycles. The Morgan fingerprint density at radius 1 is 0.944 bits per heavy atom. The van der Waals surface area contributed by atoms with Crippen LogP contribution in [-0.4, -0.2) is 65.6 Å². The molecule has 190 valence electrons. The van der Waals surface area contributed by atoms with Crippen LogP contribution in [0.3, 0.4) is 0 Å². The van der Waals surface area contributed by atoms with Crippen molar-refractivity contribution in [3.63, 3.8) is 0 Å². The van der Waals surface area contributed by atoms with Crippen molar-refractivity contribution in [1.82, 2.24) is 14.4 Å². The fourth-order valence-electron chi connectivity index (χ4n) is 6.09. The minimum Gasteiger partial charge on any atom is -0.378 e. The Kier molecular flexibility index (Phi) is 7.12. The number of ether oxygens (including phenoxy) is 1. The number of para-hydroxylation sites is 1. The summed E-state index contributed by atoms with van der Waals surface area (Å²) in [7, 11) is 0. The highest BCUT2D eigenvalue weighted by molar-refractivity contribution is 6.02. The Hall–Kier alpha value is -3.16. The molecule has 0 unspecified atom stereocenters. The van der Waals surface area contributed by atoms with Gasteiger partial charge in [-0.3, -0.25) is 14.5 Å². The van der Waals surface area contributed by atoms with Gasteiger partial charge in [-0.1, -0.05) is 36.4 Å². The average molecular weight is 489 g/mol. The number of benzene rings is 2. The number of aromatic nitrogens is 1. The molecule has 0 spiro atoms. The zero-order valence-corrected chi connectivity index (χ0v) is 21.3. The van der Waals surface area contributed by atoms with Gasteiger partial charge in [-0.25, -0.2) is 0 Å². The largest absolute Gasteiger partial charge is 0.378 e. The topological polar surface area (TPSA) is 80.8 Å². The molecule has 7 nitrogen and oxygen atoms in total. The van der Waals surface area contributed by atoms with E-state index in [9.17, 15) is 9.59 Å². The van der Waals surface area contributed by atoms with E-state index in [-0.39, 0.29) is 12.5 Å². The van der Waals surface area contributed by atoms with Crippen LogP contribution in [0.15, 0.2) is 42.5 Å². The molecule has 2 amide bonds. The normalized spacial score (nSPS) is 17.6. The van der Waals surface area contributed by atoms with Crippen molar-refractivity contribution in [2.45, 2.75) is 45.7 Å². The number of aryl methyl sites for hydroxylation is 2. The number of carbonyl (C=O) groups excluding carboxylic acids is 2. The minimum absolute atomic E-state index is 0.0133. The van der Waals surface area contributed by atoms with Crippen LogP contribution in [0.4, 0.5) is 0 Å². The van der Waals surface area contributed by atoms with Crippen LogP contribution in [0.25, 0.3) is 10.9 Å². The maximum atomic E-state index is 13.8. The van der Waals surface area contributed by atoms with E-state index < -0.39 is 5.91 Å². The van der Waals surface area contributed by atoms with E-state index in [4.69, 9.17) is 10.5 Å². The molecule has 2 fully saturated rings. The van der Waals surface area contributed by atoms with Gasteiger partial charge in [0.2, 0.25) is 5.91 Å². The zero-order valence-electron chi connectivity index (χ0n) is 21.3. The number of piperidine rings is 1. The summed E-state index contributed by atoms with van der Waals surface area (Å²) < 4.78 is 7.30. The lowest BCUT2D eigenvalue weighted by Crippen LogP contribution is -2.42. The smallest absolute Gasteiger partial charge is 0.271 e. The highest BCUT2D eigenvalue weighted by Gasteiger charge is 2.30. The van der Waals surface area contributed by atoms with Gasteiger partial charge in [0.25, 0.3) is 5.91 Å². The molecule has 3 heterocycles. The third kappa shape index (κ3) is 4.77. The third-order valence-electron chi connectivity index (χ3n) is 7.81. The second-order valence-electron chi connectivity index (χ2n) is 10.2. The number of carbonyl (C=O) groups is 2. The van der Waals surface area contributed by atoms with Crippen LogP contribution in [-0.2, 0) is 22.6 Å². The van der Waals surface area contributed by atoms with Crippen LogP contribution in [0, 0.1) is 13.8 Å². The van der Waals surface area contributed by atoms with E-state index in [0.29, 0.717) is 44.5 Å². The zero-order chi connectivity index (χ0) is 25.2. The van der Waals surface area contributed by atoms with Crippen molar-refractivity contribution in [3.8, 4) is 0 Å². The summed E-state index contributed by atoms with van der Waals surface area (Å²) >= 11 is 0. The van der Waals surface area contributed by atoms with Gasteiger partial charge in [0.1, 0.15) is 12.2 Å². The van der Waals surface area contributed by atoms with Crippen LogP contribution in [0.2, 0.25) is 0 Å². The Morgan fingerprint density at radius 2 is 1.61 bits per heavy atom. The molecular formula is C29H36N4O3. The van der Waals surface area contributed by atoms with Gasteiger partial charge in [-0.2, -0.15) is 0 Å². The summed E-state index contributed by atoms with van der Waals surface area (Å²) in [6.07, 6.45) is 2.19. The molecule has 1 aromatic heterocycles. The lowest BCUT2D eigenvalue weighted by molar-refractivity contribution is -0.118. The number of likely N-dealkylation sites (tertiary alicyclic amines) is 1. The molecule has 5 rings (SSSR count). The second kappa shape index (κ2) is 10.4. The Morgan fingerprint density at radius 3 is 2.28 bits per heavy atom. The number of amides is 2. The summed E-state index contributed by atoms with van der Waals surface area (Å²) in [5, 5.41) is 1.02. The fraction of sp³-hybridized carbons (Fsp3) is 0.448. The summed E-state index contributed by atoms with van der Waals surface area (Å²) in [5.74, 6) is 0.0667. The highest BCUT2D eigenvalue weighted by atomic mass is 16.5. The summed E-state index contributed by atoms with van der Waals surface area (Å²) in [4.78, 5) is 30.2. The van der Waals surface area contributed by atoms with E-state index in [1.165, 1.54) is 16.7 Å². The molecular weight excluding hydrogens is 452 g/mol. The number of primary amides is 1. The average Bonchev–Trinajstić information content (AvgIpc) is 3.17. The van der Waals surface area contributed by atoms with Gasteiger partial charge >= 0.3 is 0 Å². The van der Waals surface area contributed by atoms with E-state index in [1.54, 1.807) is 0 Å². The van der Waals surface area contributed by atoms with E-state index in [2.05, 4.69) is 43.0 Å². The van der Waals surface area contributed by atoms with Gasteiger partial charge in [-0.05, 0) is 68.5 Å². The number of nitrogens with zero attached hydrogens (tertiary/aromatic N) is 3. The van der Waals surface area contributed by atoms with Gasteiger partial charge < -0.3 is 19.9 Å². The first-order chi connectivity index (χ1) is 17.4. The molecule has 0 aliphatic carbocycles. The number of rotatable bonds is 6. The van der Waals surface area contributed by atoms with Crippen molar-refractivity contribution in [2.75, 3.05) is 39.4 Å². The summed E-state index contributed by atoms with van der Waals surface area (Å²) in [6, 6.07) is 14.5. The summed E-state index contributed by atoms with van der Waals surface area (Å²) in [6.45, 7) is 9.20. The molecule has 36 heavy (non-hydrogen) atoms. The molecule has 2 N–H and O–H groups in total. The van der Waals surface area contributed by atoms with Gasteiger partial charge in [-0.15, -0.1) is 0 Å². The number of morpholine rings is 1. The van der Waals surface area contributed by atoms with E-state index in [1.807, 2.05) is 27.7 Å². The standard InChI is InChI=1S/C29H36N4O3/c1-20-6-5-7-21(2)27(20)22-10-12-31(13-11-22)18-24-23-8-3-4-9-25(23)33(19-26(30)34)28(24)29(35)32-14-16-36-17-15-32/h3-9,22H,10-19H2,1-2H3,(H2,30,34). The number of fused-ring (bicyclic) bond motifs is 1. The molecule has 7 heteroatoms. The van der Waals surface area contributed by atoms with E-state index in [0.717, 1.165) is 42.4 Å². The maximum Gasteiger partial charge on any atom is 0.271 e. The number of hydrogen-bond donors (Lipinski definition) is 1. The molecule has 2 saturated heterocycles. The highest BCUT2D eigenvalue weighted by Crippen LogP contribution is 2.35. The van der Waals surface area contributed by atoms with Crippen LogP contribution >= 0.6 is 0 Å². The fourth-order valence-corrected chi connectivity index (χ4v) is 6.09. The molecule has 0 atom stereocenters. The molecule has 0 bridgehead atoms. The lowest BCUT2D eigenvalue weighted by atomic mass is 9.84. The second-order valence-corrected chi connectivity index (χ2v) is 10.2. The van der Waals surface area contributed by atoms with Crippen LogP contribution < -0.4 is 5.73 Å². The Labute approximate surface area is 212 Å². The SMILES string of the molecule is Cc1cccc(C)c1C1CCN(Cc2c(C(=O)N3CCOCC3)n(CC(N)=O)c3ccccc23)CC1. The van der Waals surface area contributed by atoms with Crippen molar-refractivity contribution >= 4 is 22.7 Å². The molecule has 0 radical (unpaired) electrons. The minimum atomic E-state index is -0.451. The first-order valence-electron chi connectivity index (χ1n) is 13.0. The van der Waals surface area contributed by atoms with Crippen molar-refractivity contribution in [2.24, 2.45) is 5.73 Å². The number of nitrogens with two attached hydrogens (primary N) is 1. The van der Waals surface area contributed by atoms with Gasteiger partial charge in [0.15, 0.2) is 0 Å². The predicted molar refractivity (Wildman–Crippen MR) is 141 cm³/mol. The monoisotopic (exact) mass is 488 g/mol. The first kappa shape index (κ1) is 24.5. The van der Waals surface area contributed by atoms with Crippen LogP contribution in [0.1, 0.15) is 51.5 Å². The van der Waals surface area contributed by atoms with Gasteiger partial charge in [0, 0.05) is 36.1 Å². The van der Waals surface area contributed by atoms with Crippen LogP contribution in [0.5, 0.6) is 0 Å². The quantitative estimate of drug-likeness (QED) is 0.575. The predicted octanol–water partition coefficient (Wildman–Crippen LogP) is 3.60. The van der Waals surface area contributed by atoms with Crippen molar-refractivity contribution in [3.05, 3.63) is 70.4 Å². The van der Waals surface area contributed by atoms with E-state index >= 15 is 0 Å². The third-order valence-corrected chi connectivity index (χ3v) is 7.81. The van der Waals surface area contributed by atoms with Gasteiger partial charge in [0.05, 0.1) is 13.2 Å². The Bertz CT molecular complexity index is 1250. The maximum absolute atomic E-state index is 13.8. The number of hydrogen-bond acceptors (Lipinski definition) is 4. The molecule has 2 aliphatic rings.